The maximum Gasteiger partial charge on any atom is 0.416 e. The van der Waals surface area contributed by atoms with E-state index in [0.29, 0.717) is 37.5 Å². The summed E-state index contributed by atoms with van der Waals surface area (Å²) in [7, 11) is 0. The van der Waals surface area contributed by atoms with Gasteiger partial charge in [-0.25, -0.2) is 0 Å². The fourth-order valence-corrected chi connectivity index (χ4v) is 4.01. The van der Waals surface area contributed by atoms with Gasteiger partial charge in [-0.15, -0.1) is 0 Å². The molecular weight excluding hydrogens is 449 g/mol. The molecule has 2 amide bonds. The van der Waals surface area contributed by atoms with Crippen molar-refractivity contribution in [2.45, 2.75) is 38.8 Å². The van der Waals surface area contributed by atoms with Gasteiger partial charge in [0, 0.05) is 19.0 Å². The summed E-state index contributed by atoms with van der Waals surface area (Å²) in [6.45, 7) is 3.24. The molecule has 0 aromatic heterocycles. The minimum atomic E-state index is -4.57. The molecule has 2 aromatic rings. The number of benzene rings is 2. The van der Waals surface area contributed by atoms with Crippen LogP contribution >= 0.6 is 0 Å². The Bertz CT molecular complexity index is 1040. The number of hydrogen-bond donors (Lipinski definition) is 1. The molecule has 0 spiro atoms. The number of ether oxygens (including phenoxy) is 2. The van der Waals surface area contributed by atoms with E-state index < -0.39 is 23.6 Å². The van der Waals surface area contributed by atoms with Crippen LogP contribution in [-0.4, -0.2) is 36.4 Å². The third-order valence-corrected chi connectivity index (χ3v) is 5.96. The highest BCUT2D eigenvalue weighted by atomic mass is 19.4. The molecule has 2 aliphatic rings. The topological polar surface area (TPSA) is 67.9 Å². The summed E-state index contributed by atoms with van der Waals surface area (Å²) in [4.78, 5) is 27.1. The van der Waals surface area contributed by atoms with Crippen molar-refractivity contribution in [2.24, 2.45) is 11.8 Å². The summed E-state index contributed by atoms with van der Waals surface area (Å²) in [5.74, 6) is 0.312. The zero-order valence-corrected chi connectivity index (χ0v) is 18.9. The molecule has 182 valence electrons. The van der Waals surface area contributed by atoms with Crippen LogP contribution in [0.2, 0.25) is 0 Å². The van der Waals surface area contributed by atoms with Gasteiger partial charge in [-0.1, -0.05) is 0 Å². The number of carbonyl (C=O) groups excluding carboxylic acids is 2. The summed E-state index contributed by atoms with van der Waals surface area (Å²) >= 11 is 0. The first-order chi connectivity index (χ1) is 16.2. The maximum atomic E-state index is 13.3. The van der Waals surface area contributed by atoms with Gasteiger partial charge < -0.3 is 19.7 Å². The summed E-state index contributed by atoms with van der Waals surface area (Å²) in [6, 6.07) is 9.63. The first kappa shape index (κ1) is 23.9. The van der Waals surface area contributed by atoms with Crippen LogP contribution in [0.1, 0.15) is 38.2 Å². The average Bonchev–Trinajstić information content (AvgIpc) is 3.66. The zero-order chi connectivity index (χ0) is 24.3. The van der Waals surface area contributed by atoms with Crippen molar-refractivity contribution < 1.29 is 32.2 Å². The number of nitrogens with zero attached hydrogens (tertiary/aromatic N) is 1. The van der Waals surface area contributed by atoms with Gasteiger partial charge >= 0.3 is 6.18 Å². The van der Waals surface area contributed by atoms with Gasteiger partial charge in [-0.3, -0.25) is 9.59 Å². The Morgan fingerprint density at radius 2 is 1.74 bits per heavy atom. The van der Waals surface area contributed by atoms with Crippen LogP contribution in [0, 0.1) is 11.8 Å². The second-order valence-corrected chi connectivity index (χ2v) is 8.60. The third-order valence-electron chi connectivity index (χ3n) is 5.96. The van der Waals surface area contributed by atoms with Crippen molar-refractivity contribution in [1.82, 2.24) is 4.90 Å². The smallest absolute Gasteiger partial charge is 0.416 e. The number of anilines is 1. The molecule has 1 aliphatic heterocycles. The van der Waals surface area contributed by atoms with Gasteiger partial charge in [0.05, 0.1) is 23.8 Å². The second kappa shape index (κ2) is 9.95. The molecule has 1 heterocycles. The first-order valence-corrected chi connectivity index (χ1v) is 11.5. The number of nitrogens with one attached hydrogen (secondary N) is 1. The molecule has 1 atom stereocenters. The van der Waals surface area contributed by atoms with E-state index in [1.54, 1.807) is 29.2 Å². The van der Waals surface area contributed by atoms with Gasteiger partial charge in [-0.2, -0.15) is 13.2 Å². The Morgan fingerprint density at radius 1 is 1.03 bits per heavy atom. The Labute approximate surface area is 196 Å². The van der Waals surface area contributed by atoms with E-state index in [0.717, 1.165) is 25.0 Å². The molecule has 9 heteroatoms. The lowest BCUT2D eigenvalue weighted by Crippen LogP contribution is -2.44. The Hall–Kier alpha value is -3.23. The van der Waals surface area contributed by atoms with Crippen LogP contribution in [0.5, 0.6) is 17.2 Å². The lowest BCUT2D eigenvalue weighted by atomic mass is 9.96. The van der Waals surface area contributed by atoms with Crippen molar-refractivity contribution in [1.29, 1.82) is 0 Å². The van der Waals surface area contributed by atoms with E-state index in [2.05, 4.69) is 5.32 Å². The van der Waals surface area contributed by atoms with E-state index in [-0.39, 0.29) is 29.8 Å². The molecule has 0 bridgehead atoms. The van der Waals surface area contributed by atoms with Gasteiger partial charge in [0.25, 0.3) is 0 Å². The normalized spacial score (nSPS) is 18.4. The molecule has 1 unspecified atom stereocenters. The standard InChI is InChI=1S/C25H27F3N2O4/c1-2-33-19-8-10-20(11-9-19)34-22-12-7-18(25(26,27)28)14-21(22)29-23(31)17-4-3-13-30(15-17)24(32)16-5-6-16/h7-12,14,16-17H,2-6,13,15H2,1H3,(H,29,31). The quantitative estimate of drug-likeness (QED) is 0.574. The zero-order valence-electron chi connectivity index (χ0n) is 18.9. The fraction of sp³-hybridized carbons (Fsp3) is 0.440. The van der Waals surface area contributed by atoms with Crippen molar-refractivity contribution in [3.8, 4) is 17.2 Å². The SMILES string of the molecule is CCOc1ccc(Oc2ccc(C(F)(F)F)cc2NC(=O)C2CCCN(C(=O)C3CC3)C2)cc1. The van der Waals surface area contributed by atoms with Crippen molar-refractivity contribution in [2.75, 3.05) is 25.0 Å². The molecule has 2 fully saturated rings. The van der Waals surface area contributed by atoms with Crippen LogP contribution in [0.4, 0.5) is 18.9 Å². The monoisotopic (exact) mass is 476 g/mol. The van der Waals surface area contributed by atoms with Crippen molar-refractivity contribution >= 4 is 17.5 Å². The Kier molecular flexibility index (Phi) is 7.00. The molecule has 0 radical (unpaired) electrons. The number of hydrogen-bond acceptors (Lipinski definition) is 4. The van der Waals surface area contributed by atoms with Crippen LogP contribution < -0.4 is 14.8 Å². The molecule has 1 N–H and O–H groups in total. The largest absolute Gasteiger partial charge is 0.494 e. The average molecular weight is 476 g/mol. The number of rotatable bonds is 7. The number of halogens is 3. The van der Waals surface area contributed by atoms with E-state index >= 15 is 0 Å². The van der Waals surface area contributed by atoms with Crippen molar-refractivity contribution in [3.63, 3.8) is 0 Å². The number of carbonyl (C=O) groups is 2. The molecule has 2 aromatic carbocycles. The van der Waals surface area contributed by atoms with Crippen LogP contribution in [0.25, 0.3) is 0 Å². The van der Waals surface area contributed by atoms with Gasteiger partial charge in [0.15, 0.2) is 5.75 Å². The number of amides is 2. The predicted molar refractivity (Wildman–Crippen MR) is 120 cm³/mol. The van der Waals surface area contributed by atoms with E-state index in [4.69, 9.17) is 9.47 Å². The molecule has 4 rings (SSSR count). The molecule has 1 saturated carbocycles. The van der Waals surface area contributed by atoms with E-state index in [9.17, 15) is 22.8 Å². The summed E-state index contributed by atoms with van der Waals surface area (Å²) < 4.78 is 51.2. The molecule has 34 heavy (non-hydrogen) atoms. The van der Waals surface area contributed by atoms with Crippen LogP contribution in [-0.2, 0) is 15.8 Å². The minimum absolute atomic E-state index is 0.0550. The highest BCUT2D eigenvalue weighted by Crippen LogP contribution is 2.38. The molecule has 1 saturated heterocycles. The molecular formula is C25H27F3N2O4. The van der Waals surface area contributed by atoms with Crippen LogP contribution in [0.3, 0.4) is 0 Å². The maximum absolute atomic E-state index is 13.3. The number of piperidine rings is 1. The fourth-order valence-electron chi connectivity index (χ4n) is 4.01. The number of alkyl halides is 3. The highest BCUT2D eigenvalue weighted by Gasteiger charge is 2.37. The van der Waals surface area contributed by atoms with E-state index in [1.807, 2.05) is 6.92 Å². The third kappa shape index (κ3) is 5.81. The Balaban J connectivity index is 1.52. The van der Waals surface area contributed by atoms with E-state index in [1.165, 1.54) is 6.07 Å². The second-order valence-electron chi connectivity index (χ2n) is 8.60. The lowest BCUT2D eigenvalue weighted by molar-refractivity contribution is -0.138. The van der Waals surface area contributed by atoms with Gasteiger partial charge in [0.1, 0.15) is 11.5 Å². The first-order valence-electron chi connectivity index (χ1n) is 11.5. The highest BCUT2D eigenvalue weighted by molar-refractivity contribution is 5.95. The molecule has 6 nitrogen and oxygen atoms in total. The summed E-state index contributed by atoms with van der Waals surface area (Å²) in [5, 5.41) is 2.62. The Morgan fingerprint density at radius 3 is 2.38 bits per heavy atom. The predicted octanol–water partition coefficient (Wildman–Crippen LogP) is 5.48. The molecule has 1 aliphatic carbocycles. The summed E-state index contributed by atoms with van der Waals surface area (Å²) in [5.41, 5.74) is -0.963. The van der Waals surface area contributed by atoms with Gasteiger partial charge in [-0.05, 0) is 75.1 Å². The van der Waals surface area contributed by atoms with Gasteiger partial charge in [0.2, 0.25) is 11.8 Å². The lowest BCUT2D eigenvalue weighted by Gasteiger charge is -2.32. The minimum Gasteiger partial charge on any atom is -0.494 e. The number of likely N-dealkylation sites (tertiary alicyclic amines) is 1. The van der Waals surface area contributed by atoms with Crippen LogP contribution in [0.15, 0.2) is 42.5 Å². The van der Waals surface area contributed by atoms with Crippen molar-refractivity contribution in [3.05, 3.63) is 48.0 Å². The summed E-state index contributed by atoms with van der Waals surface area (Å²) in [6.07, 6.45) is -1.58.